The van der Waals surface area contributed by atoms with Crippen LogP contribution in [0.2, 0.25) is 0 Å². The van der Waals surface area contributed by atoms with Gasteiger partial charge in [-0.15, -0.1) is 0 Å². The molecule has 1 nitrogen and oxygen atoms in total. The van der Waals surface area contributed by atoms with E-state index < -0.39 is 0 Å². The molecule has 0 aliphatic heterocycles. The molecule has 0 aromatic heterocycles. The fourth-order valence-electron chi connectivity index (χ4n) is 3.50. The Morgan fingerprint density at radius 2 is 1.95 bits per heavy atom. The van der Waals surface area contributed by atoms with Gasteiger partial charge >= 0.3 is 0 Å². The van der Waals surface area contributed by atoms with Crippen LogP contribution in [0.1, 0.15) is 61.8 Å². The van der Waals surface area contributed by atoms with Crippen molar-refractivity contribution in [1.29, 1.82) is 0 Å². The van der Waals surface area contributed by atoms with Gasteiger partial charge in [-0.05, 0) is 49.9 Å². The molecule has 0 bridgehead atoms. The van der Waals surface area contributed by atoms with Gasteiger partial charge < -0.3 is 5.32 Å². The molecule has 0 heterocycles. The van der Waals surface area contributed by atoms with Crippen molar-refractivity contribution >= 4 is 0 Å². The number of halogens is 1. The topological polar surface area (TPSA) is 12.0 Å². The molecule has 2 rings (SSSR count). The van der Waals surface area contributed by atoms with Gasteiger partial charge in [0.25, 0.3) is 0 Å². The predicted molar refractivity (Wildman–Crippen MR) is 78.9 cm³/mol. The van der Waals surface area contributed by atoms with Crippen molar-refractivity contribution in [1.82, 2.24) is 5.32 Å². The van der Waals surface area contributed by atoms with Crippen LogP contribution in [0.4, 0.5) is 4.39 Å². The van der Waals surface area contributed by atoms with E-state index in [1.54, 1.807) is 6.07 Å². The third kappa shape index (κ3) is 3.56. The molecule has 1 atom stereocenters. The summed E-state index contributed by atoms with van der Waals surface area (Å²) in [5, 5.41) is 3.49. The summed E-state index contributed by atoms with van der Waals surface area (Å²) >= 11 is 0. The molecule has 1 aliphatic rings. The van der Waals surface area contributed by atoms with E-state index in [-0.39, 0.29) is 11.9 Å². The normalized spacial score (nSPS) is 17.9. The molecule has 19 heavy (non-hydrogen) atoms. The van der Waals surface area contributed by atoms with Crippen molar-refractivity contribution in [3.8, 4) is 0 Å². The summed E-state index contributed by atoms with van der Waals surface area (Å²) in [6, 6.07) is 3.94. The largest absolute Gasteiger partial charge is 0.310 e. The Hall–Kier alpha value is -0.890. The lowest BCUT2D eigenvalue weighted by Gasteiger charge is -2.24. The third-order valence-electron chi connectivity index (χ3n) is 4.32. The van der Waals surface area contributed by atoms with E-state index in [2.05, 4.69) is 18.3 Å². The minimum absolute atomic E-state index is 0.0403. The second-order valence-electron chi connectivity index (χ2n) is 5.97. The van der Waals surface area contributed by atoms with E-state index >= 15 is 0 Å². The summed E-state index contributed by atoms with van der Waals surface area (Å²) in [5.74, 6) is 0.727. The van der Waals surface area contributed by atoms with Crippen LogP contribution in [0.15, 0.2) is 12.1 Å². The number of hydrogen-bond acceptors (Lipinski definition) is 1. The Kier molecular flexibility index (Phi) is 4.98. The highest BCUT2D eigenvalue weighted by Crippen LogP contribution is 2.35. The molecule has 106 valence electrons. The monoisotopic (exact) mass is 263 g/mol. The highest BCUT2D eigenvalue weighted by atomic mass is 19.1. The Bertz CT molecular complexity index is 398. The van der Waals surface area contributed by atoms with E-state index in [1.807, 2.05) is 13.8 Å². The van der Waals surface area contributed by atoms with Crippen molar-refractivity contribution in [3.63, 3.8) is 0 Å². The average molecular weight is 263 g/mol. The summed E-state index contributed by atoms with van der Waals surface area (Å²) in [5.41, 5.74) is 2.98. The van der Waals surface area contributed by atoms with Gasteiger partial charge in [0.1, 0.15) is 5.82 Å². The lowest BCUT2D eigenvalue weighted by molar-refractivity contribution is 0.389. The maximum atomic E-state index is 14.3. The van der Waals surface area contributed by atoms with E-state index in [9.17, 15) is 4.39 Å². The zero-order chi connectivity index (χ0) is 13.8. The molecule has 1 aromatic carbocycles. The molecule has 0 spiro atoms. The van der Waals surface area contributed by atoms with Crippen LogP contribution < -0.4 is 5.32 Å². The minimum atomic E-state index is -0.0403. The van der Waals surface area contributed by atoms with Gasteiger partial charge in [-0.3, -0.25) is 0 Å². The molecular weight excluding hydrogens is 237 g/mol. The highest BCUT2D eigenvalue weighted by Gasteiger charge is 2.24. The highest BCUT2D eigenvalue weighted by molar-refractivity contribution is 5.34. The summed E-state index contributed by atoms with van der Waals surface area (Å²) < 4.78 is 14.3. The van der Waals surface area contributed by atoms with Gasteiger partial charge in [0.2, 0.25) is 0 Å². The molecule has 0 saturated heterocycles. The zero-order valence-corrected chi connectivity index (χ0v) is 12.4. The summed E-state index contributed by atoms with van der Waals surface area (Å²) in [6.45, 7) is 6.98. The van der Waals surface area contributed by atoms with Crippen molar-refractivity contribution in [3.05, 3.63) is 34.6 Å². The zero-order valence-electron chi connectivity index (χ0n) is 12.4. The van der Waals surface area contributed by atoms with Gasteiger partial charge in [0, 0.05) is 11.6 Å². The molecule has 0 radical (unpaired) electrons. The standard InChI is InChI=1S/C17H26FN/c1-4-19-16(11-14-7-5-6-8-14)17-13(3)9-12(2)10-15(17)18/h9-10,14,16,19H,4-8,11H2,1-3H3. The van der Waals surface area contributed by atoms with Crippen LogP contribution in [0.3, 0.4) is 0 Å². The fourth-order valence-corrected chi connectivity index (χ4v) is 3.50. The van der Waals surface area contributed by atoms with Crippen molar-refractivity contribution in [2.24, 2.45) is 5.92 Å². The second kappa shape index (κ2) is 6.51. The van der Waals surface area contributed by atoms with Gasteiger partial charge in [0.05, 0.1) is 0 Å². The summed E-state index contributed by atoms with van der Waals surface area (Å²) in [6.07, 6.45) is 6.40. The van der Waals surface area contributed by atoms with Crippen LogP contribution >= 0.6 is 0 Å². The molecule has 1 N–H and O–H groups in total. The molecule has 1 aromatic rings. The number of nitrogens with one attached hydrogen (secondary N) is 1. The van der Waals surface area contributed by atoms with Gasteiger partial charge in [-0.1, -0.05) is 38.7 Å². The van der Waals surface area contributed by atoms with Crippen LogP contribution in [-0.4, -0.2) is 6.54 Å². The molecule has 1 unspecified atom stereocenters. The van der Waals surface area contributed by atoms with Gasteiger partial charge in [0.15, 0.2) is 0 Å². The molecule has 0 amide bonds. The van der Waals surface area contributed by atoms with Crippen LogP contribution in [0.5, 0.6) is 0 Å². The maximum Gasteiger partial charge on any atom is 0.128 e. The maximum absolute atomic E-state index is 14.3. The Morgan fingerprint density at radius 3 is 2.53 bits per heavy atom. The molecule has 1 fully saturated rings. The molecule has 1 saturated carbocycles. The third-order valence-corrected chi connectivity index (χ3v) is 4.32. The number of hydrogen-bond donors (Lipinski definition) is 1. The van der Waals surface area contributed by atoms with Gasteiger partial charge in [-0.25, -0.2) is 4.39 Å². The van der Waals surface area contributed by atoms with E-state index in [0.717, 1.165) is 35.6 Å². The van der Waals surface area contributed by atoms with E-state index in [1.165, 1.54) is 25.7 Å². The van der Waals surface area contributed by atoms with Crippen molar-refractivity contribution < 1.29 is 4.39 Å². The summed E-state index contributed by atoms with van der Waals surface area (Å²) in [4.78, 5) is 0. The first-order valence-electron chi connectivity index (χ1n) is 7.61. The van der Waals surface area contributed by atoms with Gasteiger partial charge in [-0.2, -0.15) is 0 Å². The first kappa shape index (κ1) is 14.5. The minimum Gasteiger partial charge on any atom is -0.310 e. The average Bonchev–Trinajstić information content (AvgIpc) is 2.80. The van der Waals surface area contributed by atoms with E-state index in [4.69, 9.17) is 0 Å². The van der Waals surface area contributed by atoms with E-state index in [0.29, 0.717) is 0 Å². The fraction of sp³-hybridized carbons (Fsp3) is 0.647. The Labute approximate surface area is 116 Å². The lowest BCUT2D eigenvalue weighted by Crippen LogP contribution is -2.25. The van der Waals surface area contributed by atoms with Crippen molar-refractivity contribution in [2.75, 3.05) is 6.54 Å². The first-order valence-corrected chi connectivity index (χ1v) is 7.61. The van der Waals surface area contributed by atoms with Crippen LogP contribution in [0.25, 0.3) is 0 Å². The Balaban J connectivity index is 2.22. The smallest absolute Gasteiger partial charge is 0.128 e. The number of benzene rings is 1. The molecule has 1 aliphatic carbocycles. The number of rotatable bonds is 5. The first-order chi connectivity index (χ1) is 9.11. The Morgan fingerprint density at radius 1 is 1.26 bits per heavy atom. The van der Waals surface area contributed by atoms with Crippen molar-refractivity contribution in [2.45, 2.75) is 58.9 Å². The molecular formula is C17H26FN. The number of aryl methyl sites for hydroxylation is 2. The predicted octanol–water partition coefficient (Wildman–Crippen LogP) is 4.67. The van der Waals surface area contributed by atoms with Crippen LogP contribution in [-0.2, 0) is 0 Å². The lowest BCUT2D eigenvalue weighted by atomic mass is 9.90. The SMILES string of the molecule is CCNC(CC1CCCC1)c1c(C)cc(C)cc1F. The second-order valence-corrected chi connectivity index (χ2v) is 5.97. The van der Waals surface area contributed by atoms with Crippen LogP contribution in [0, 0.1) is 25.6 Å². The quantitative estimate of drug-likeness (QED) is 0.813. The molecule has 2 heteroatoms. The summed E-state index contributed by atoms with van der Waals surface area (Å²) in [7, 11) is 0.